The van der Waals surface area contributed by atoms with Gasteiger partial charge in [-0.3, -0.25) is 4.79 Å². The summed E-state index contributed by atoms with van der Waals surface area (Å²) in [6.07, 6.45) is 11.0. The highest BCUT2D eigenvalue weighted by Gasteiger charge is 2.33. The van der Waals surface area contributed by atoms with Gasteiger partial charge in [-0.2, -0.15) is 0 Å². The van der Waals surface area contributed by atoms with Crippen molar-refractivity contribution in [3.8, 4) is 0 Å². The zero-order chi connectivity index (χ0) is 14.3. The summed E-state index contributed by atoms with van der Waals surface area (Å²) in [5.74, 6) is 0.934. The van der Waals surface area contributed by atoms with Gasteiger partial charge in [0, 0.05) is 19.6 Å². The molecule has 0 aromatic heterocycles. The van der Waals surface area contributed by atoms with E-state index in [9.17, 15) is 9.90 Å². The molecule has 2 aliphatic rings. The van der Waals surface area contributed by atoms with Crippen LogP contribution in [0.5, 0.6) is 0 Å². The highest BCUT2D eigenvalue weighted by Crippen LogP contribution is 2.28. The fraction of sp³-hybridized carbons (Fsp3) is 0.938. The predicted octanol–water partition coefficient (Wildman–Crippen LogP) is 2.39. The monoisotopic (exact) mass is 283 g/mol. The summed E-state index contributed by atoms with van der Waals surface area (Å²) in [6, 6.07) is 0. The molecule has 1 aliphatic carbocycles. The number of carbonyl (C=O) groups excluding carboxylic acids is 1. The van der Waals surface area contributed by atoms with E-state index in [0.717, 1.165) is 25.2 Å². The van der Waals surface area contributed by atoms with E-state index >= 15 is 0 Å². The topological polar surface area (TPSA) is 58.6 Å². The van der Waals surface area contributed by atoms with Crippen LogP contribution < -0.4 is 5.32 Å². The summed E-state index contributed by atoms with van der Waals surface area (Å²) >= 11 is 0. The van der Waals surface area contributed by atoms with Gasteiger partial charge in [0.05, 0.1) is 12.1 Å². The van der Waals surface area contributed by atoms with Crippen LogP contribution in [0.1, 0.15) is 64.2 Å². The van der Waals surface area contributed by atoms with Crippen molar-refractivity contribution in [2.24, 2.45) is 5.92 Å². The molecule has 2 fully saturated rings. The molecule has 116 valence electrons. The van der Waals surface area contributed by atoms with Gasteiger partial charge >= 0.3 is 0 Å². The largest absolute Gasteiger partial charge is 0.394 e. The minimum absolute atomic E-state index is 0.0186. The molecule has 4 nitrogen and oxygen atoms in total. The lowest BCUT2D eigenvalue weighted by atomic mass is 9.85. The Morgan fingerprint density at radius 2 is 1.90 bits per heavy atom. The molecule has 1 aliphatic heterocycles. The summed E-state index contributed by atoms with van der Waals surface area (Å²) in [4.78, 5) is 12.1. The Morgan fingerprint density at radius 3 is 2.55 bits per heavy atom. The first kappa shape index (κ1) is 15.8. The lowest BCUT2D eigenvalue weighted by molar-refractivity contribution is -0.125. The fourth-order valence-electron chi connectivity index (χ4n) is 3.47. The van der Waals surface area contributed by atoms with Crippen molar-refractivity contribution in [1.82, 2.24) is 5.32 Å². The molecule has 1 amide bonds. The molecule has 20 heavy (non-hydrogen) atoms. The third-order valence-corrected chi connectivity index (χ3v) is 4.90. The number of amides is 1. The number of hydrogen-bond donors (Lipinski definition) is 2. The summed E-state index contributed by atoms with van der Waals surface area (Å²) in [7, 11) is 0. The first-order chi connectivity index (χ1) is 9.74. The zero-order valence-corrected chi connectivity index (χ0v) is 12.5. The van der Waals surface area contributed by atoms with Crippen LogP contribution in [0, 0.1) is 5.92 Å². The summed E-state index contributed by atoms with van der Waals surface area (Å²) in [6.45, 7) is 1.27. The van der Waals surface area contributed by atoms with Crippen molar-refractivity contribution < 1.29 is 14.6 Å². The van der Waals surface area contributed by atoms with E-state index in [1.807, 2.05) is 0 Å². The second-order valence-electron chi connectivity index (χ2n) is 6.50. The van der Waals surface area contributed by atoms with Gasteiger partial charge in [0.15, 0.2) is 0 Å². The van der Waals surface area contributed by atoms with E-state index in [0.29, 0.717) is 19.6 Å². The predicted molar refractivity (Wildman–Crippen MR) is 78.4 cm³/mol. The van der Waals surface area contributed by atoms with Gasteiger partial charge in [0.2, 0.25) is 5.91 Å². The average molecular weight is 283 g/mol. The molecule has 0 unspecified atom stereocenters. The zero-order valence-electron chi connectivity index (χ0n) is 12.5. The maximum atomic E-state index is 12.1. The average Bonchev–Trinajstić information content (AvgIpc) is 2.49. The van der Waals surface area contributed by atoms with Crippen LogP contribution in [0.15, 0.2) is 0 Å². The van der Waals surface area contributed by atoms with Gasteiger partial charge in [0.25, 0.3) is 0 Å². The molecule has 0 atom stereocenters. The van der Waals surface area contributed by atoms with Gasteiger partial charge in [-0.15, -0.1) is 0 Å². The van der Waals surface area contributed by atoms with Crippen molar-refractivity contribution in [3.63, 3.8) is 0 Å². The molecule has 0 spiro atoms. The molecular weight excluding hydrogens is 254 g/mol. The number of hydrogen-bond acceptors (Lipinski definition) is 3. The maximum Gasteiger partial charge on any atom is 0.220 e. The van der Waals surface area contributed by atoms with Crippen molar-refractivity contribution in [2.75, 3.05) is 19.8 Å². The van der Waals surface area contributed by atoms with Crippen LogP contribution >= 0.6 is 0 Å². The molecule has 1 saturated carbocycles. The first-order valence-corrected chi connectivity index (χ1v) is 8.24. The van der Waals surface area contributed by atoms with E-state index in [1.165, 1.54) is 38.5 Å². The quantitative estimate of drug-likeness (QED) is 0.787. The van der Waals surface area contributed by atoms with Gasteiger partial charge < -0.3 is 15.2 Å². The number of nitrogens with one attached hydrogen (secondary N) is 1. The van der Waals surface area contributed by atoms with Crippen LogP contribution in [0.4, 0.5) is 0 Å². The molecular formula is C16H29NO3. The van der Waals surface area contributed by atoms with E-state index in [-0.39, 0.29) is 12.5 Å². The van der Waals surface area contributed by atoms with Gasteiger partial charge in [-0.25, -0.2) is 0 Å². The van der Waals surface area contributed by atoms with Gasteiger partial charge in [-0.05, 0) is 31.6 Å². The van der Waals surface area contributed by atoms with Gasteiger partial charge in [-0.1, -0.05) is 32.1 Å². The summed E-state index contributed by atoms with van der Waals surface area (Å²) < 4.78 is 5.31. The minimum Gasteiger partial charge on any atom is -0.394 e. The maximum absolute atomic E-state index is 12.1. The standard InChI is InChI=1S/C16H29NO3/c18-13-16(9-11-20-12-10-16)17-15(19)8-4-7-14-5-2-1-3-6-14/h14,18H,1-13H2,(H,17,19). The second kappa shape index (κ2) is 7.99. The van der Waals surface area contributed by atoms with Gasteiger partial charge in [0.1, 0.15) is 0 Å². The Hall–Kier alpha value is -0.610. The van der Waals surface area contributed by atoms with Crippen molar-refractivity contribution in [1.29, 1.82) is 0 Å². The molecule has 0 radical (unpaired) electrons. The van der Waals surface area contributed by atoms with Crippen LogP contribution in [0.25, 0.3) is 0 Å². The number of ether oxygens (including phenoxy) is 1. The molecule has 0 aromatic carbocycles. The Kier molecular flexibility index (Phi) is 6.30. The molecule has 0 aromatic rings. The molecule has 1 heterocycles. The molecule has 2 N–H and O–H groups in total. The SMILES string of the molecule is O=C(CCCC1CCCCC1)NC1(CO)CCOCC1. The number of aliphatic hydroxyl groups excluding tert-OH is 1. The third kappa shape index (κ3) is 4.74. The fourth-order valence-corrected chi connectivity index (χ4v) is 3.47. The Bertz CT molecular complexity index is 294. The second-order valence-corrected chi connectivity index (χ2v) is 6.50. The summed E-state index contributed by atoms with van der Waals surface area (Å²) in [5, 5.41) is 12.6. The highest BCUT2D eigenvalue weighted by molar-refractivity contribution is 5.76. The van der Waals surface area contributed by atoms with Crippen molar-refractivity contribution in [2.45, 2.75) is 69.7 Å². The van der Waals surface area contributed by atoms with Crippen LogP contribution in [-0.2, 0) is 9.53 Å². The van der Waals surface area contributed by atoms with E-state index < -0.39 is 5.54 Å². The van der Waals surface area contributed by atoms with E-state index in [4.69, 9.17) is 4.74 Å². The third-order valence-electron chi connectivity index (χ3n) is 4.90. The molecule has 1 saturated heterocycles. The lowest BCUT2D eigenvalue weighted by Crippen LogP contribution is -2.54. The molecule has 2 rings (SSSR count). The van der Waals surface area contributed by atoms with E-state index in [1.54, 1.807) is 0 Å². The van der Waals surface area contributed by atoms with Crippen molar-refractivity contribution >= 4 is 5.91 Å². The number of rotatable bonds is 6. The van der Waals surface area contributed by atoms with Crippen LogP contribution in [0.2, 0.25) is 0 Å². The Balaban J connectivity index is 1.66. The van der Waals surface area contributed by atoms with E-state index in [2.05, 4.69) is 5.32 Å². The smallest absolute Gasteiger partial charge is 0.220 e. The van der Waals surface area contributed by atoms with Crippen molar-refractivity contribution in [3.05, 3.63) is 0 Å². The first-order valence-electron chi connectivity index (χ1n) is 8.24. The molecule has 0 bridgehead atoms. The highest BCUT2D eigenvalue weighted by atomic mass is 16.5. The Labute approximate surface area is 122 Å². The lowest BCUT2D eigenvalue weighted by Gasteiger charge is -2.36. The van der Waals surface area contributed by atoms with Crippen LogP contribution in [0.3, 0.4) is 0 Å². The Morgan fingerprint density at radius 1 is 1.20 bits per heavy atom. The molecule has 4 heteroatoms. The number of carbonyl (C=O) groups is 1. The number of aliphatic hydroxyl groups is 1. The summed E-state index contributed by atoms with van der Waals surface area (Å²) in [5.41, 5.74) is -0.430. The normalized spacial score (nSPS) is 23.4. The minimum atomic E-state index is -0.430. The van der Waals surface area contributed by atoms with Crippen LogP contribution in [-0.4, -0.2) is 36.4 Å².